The van der Waals surface area contributed by atoms with E-state index in [1.54, 1.807) is 23.5 Å². The van der Waals surface area contributed by atoms with Gasteiger partial charge < -0.3 is 9.15 Å². The first-order valence-electron chi connectivity index (χ1n) is 6.86. The molecule has 0 aliphatic carbocycles. The predicted octanol–water partition coefficient (Wildman–Crippen LogP) is 3.69. The summed E-state index contributed by atoms with van der Waals surface area (Å²) in [5, 5.41) is 1.97. The van der Waals surface area contributed by atoms with Gasteiger partial charge in [0.1, 0.15) is 23.8 Å². The summed E-state index contributed by atoms with van der Waals surface area (Å²) in [6, 6.07) is 10.2. The van der Waals surface area contributed by atoms with E-state index in [2.05, 4.69) is 4.98 Å². The smallest absolute Gasteiger partial charge is 0.236 e. The Morgan fingerprint density at radius 2 is 1.96 bits per heavy atom. The van der Waals surface area contributed by atoms with Gasteiger partial charge >= 0.3 is 0 Å². The second-order valence-corrected chi connectivity index (χ2v) is 7.99. The number of hydrogen-bond acceptors (Lipinski definition) is 6. The van der Waals surface area contributed by atoms with Gasteiger partial charge in [0.05, 0.1) is 9.77 Å². The lowest BCUT2D eigenvalue weighted by atomic mass is 10.3. The number of ether oxygens (including phenoxy) is 1. The van der Waals surface area contributed by atoms with Gasteiger partial charge in [0.25, 0.3) is 0 Å². The molecule has 7 heteroatoms. The summed E-state index contributed by atoms with van der Waals surface area (Å²) in [6.07, 6.45) is 1.17. The molecule has 3 aromatic rings. The van der Waals surface area contributed by atoms with Gasteiger partial charge in [-0.3, -0.25) is 0 Å². The van der Waals surface area contributed by atoms with Crippen molar-refractivity contribution in [2.75, 3.05) is 6.26 Å². The highest BCUT2D eigenvalue weighted by atomic mass is 32.2. The van der Waals surface area contributed by atoms with Crippen LogP contribution in [-0.2, 0) is 16.4 Å². The highest BCUT2D eigenvalue weighted by Crippen LogP contribution is 2.26. The molecule has 0 saturated heterocycles. The number of oxazole rings is 1. The van der Waals surface area contributed by atoms with E-state index in [4.69, 9.17) is 9.15 Å². The van der Waals surface area contributed by atoms with Gasteiger partial charge in [-0.1, -0.05) is 6.07 Å². The van der Waals surface area contributed by atoms with Gasteiger partial charge in [-0.2, -0.15) is 0 Å². The van der Waals surface area contributed by atoms with Crippen LogP contribution in [-0.4, -0.2) is 19.7 Å². The first-order valence-corrected chi connectivity index (χ1v) is 9.64. The van der Waals surface area contributed by atoms with Crippen LogP contribution in [0.4, 0.5) is 0 Å². The van der Waals surface area contributed by atoms with Crippen molar-refractivity contribution < 1.29 is 17.6 Å². The number of aromatic nitrogens is 1. The minimum Gasteiger partial charge on any atom is -0.487 e. The van der Waals surface area contributed by atoms with Crippen molar-refractivity contribution in [1.82, 2.24) is 4.98 Å². The quantitative estimate of drug-likeness (QED) is 0.702. The van der Waals surface area contributed by atoms with Gasteiger partial charge in [-0.05, 0) is 42.6 Å². The van der Waals surface area contributed by atoms with Crippen molar-refractivity contribution >= 4 is 21.2 Å². The van der Waals surface area contributed by atoms with E-state index < -0.39 is 9.84 Å². The zero-order valence-electron chi connectivity index (χ0n) is 12.6. The zero-order valence-corrected chi connectivity index (χ0v) is 14.3. The Labute approximate surface area is 138 Å². The number of aryl methyl sites for hydroxylation is 1. The van der Waals surface area contributed by atoms with Crippen LogP contribution < -0.4 is 4.74 Å². The Balaban J connectivity index is 1.71. The molecule has 1 aromatic carbocycles. The van der Waals surface area contributed by atoms with Crippen LogP contribution in [0.25, 0.3) is 10.8 Å². The van der Waals surface area contributed by atoms with Gasteiger partial charge in [0.2, 0.25) is 5.89 Å². The molecule has 23 heavy (non-hydrogen) atoms. The summed E-state index contributed by atoms with van der Waals surface area (Å²) < 4.78 is 34.2. The van der Waals surface area contributed by atoms with E-state index >= 15 is 0 Å². The third-order valence-corrected chi connectivity index (χ3v) is 5.24. The average molecular weight is 349 g/mol. The molecule has 0 atom stereocenters. The Hall–Kier alpha value is -2.12. The lowest BCUT2D eigenvalue weighted by Crippen LogP contribution is -1.99. The highest BCUT2D eigenvalue weighted by molar-refractivity contribution is 7.90. The minimum absolute atomic E-state index is 0.263. The molecular weight excluding hydrogens is 334 g/mol. The van der Waals surface area contributed by atoms with E-state index in [1.165, 1.54) is 18.4 Å². The van der Waals surface area contributed by atoms with Crippen LogP contribution in [0.1, 0.15) is 11.5 Å². The van der Waals surface area contributed by atoms with E-state index in [9.17, 15) is 8.42 Å². The first-order chi connectivity index (χ1) is 10.9. The first kappa shape index (κ1) is 15.8. The molecule has 0 bridgehead atoms. The maximum Gasteiger partial charge on any atom is 0.236 e. The van der Waals surface area contributed by atoms with Gasteiger partial charge in [-0.25, -0.2) is 13.4 Å². The Morgan fingerprint density at radius 3 is 2.57 bits per heavy atom. The molecule has 5 nitrogen and oxygen atoms in total. The van der Waals surface area contributed by atoms with Crippen molar-refractivity contribution in [2.24, 2.45) is 0 Å². The van der Waals surface area contributed by atoms with Crippen molar-refractivity contribution in [1.29, 1.82) is 0 Å². The van der Waals surface area contributed by atoms with E-state index in [0.29, 0.717) is 17.4 Å². The molecule has 3 rings (SSSR count). The van der Waals surface area contributed by atoms with Crippen LogP contribution in [0.15, 0.2) is 51.1 Å². The monoisotopic (exact) mass is 349 g/mol. The lowest BCUT2D eigenvalue weighted by molar-refractivity contribution is 0.299. The molecule has 2 heterocycles. The van der Waals surface area contributed by atoms with Crippen LogP contribution >= 0.6 is 11.3 Å². The van der Waals surface area contributed by atoms with E-state index in [0.717, 1.165) is 10.6 Å². The highest BCUT2D eigenvalue weighted by Gasteiger charge is 2.13. The summed E-state index contributed by atoms with van der Waals surface area (Å²) in [4.78, 5) is 5.68. The molecule has 0 saturated carbocycles. The molecule has 0 spiro atoms. The SMILES string of the molecule is Cc1oc(-c2cccs2)nc1COc1ccc(S(C)(=O)=O)cc1. The number of nitrogens with zero attached hydrogens (tertiary/aromatic N) is 1. The van der Waals surface area contributed by atoms with Crippen LogP contribution in [0.5, 0.6) is 5.75 Å². The topological polar surface area (TPSA) is 69.4 Å². The minimum atomic E-state index is -3.20. The summed E-state index contributed by atoms with van der Waals surface area (Å²) in [5.41, 5.74) is 0.723. The molecule has 0 fully saturated rings. The second kappa shape index (κ2) is 6.17. The largest absolute Gasteiger partial charge is 0.487 e. The lowest BCUT2D eigenvalue weighted by Gasteiger charge is -2.05. The predicted molar refractivity (Wildman–Crippen MR) is 88.4 cm³/mol. The maximum absolute atomic E-state index is 11.4. The summed E-state index contributed by atoms with van der Waals surface area (Å²) in [6.45, 7) is 2.11. The maximum atomic E-state index is 11.4. The number of benzene rings is 1. The molecule has 0 aliphatic heterocycles. The summed E-state index contributed by atoms with van der Waals surface area (Å²) in [5.74, 6) is 1.88. The average Bonchev–Trinajstić information content (AvgIpc) is 3.14. The third kappa shape index (κ3) is 3.62. The van der Waals surface area contributed by atoms with Crippen molar-refractivity contribution in [2.45, 2.75) is 18.4 Å². The van der Waals surface area contributed by atoms with Crippen LogP contribution in [0, 0.1) is 6.92 Å². The molecule has 0 N–H and O–H groups in total. The number of hydrogen-bond donors (Lipinski definition) is 0. The summed E-state index contributed by atoms with van der Waals surface area (Å²) in [7, 11) is -3.20. The van der Waals surface area contributed by atoms with E-state index in [1.807, 2.05) is 24.4 Å². The van der Waals surface area contributed by atoms with Crippen LogP contribution in [0.3, 0.4) is 0 Å². The Bertz CT molecular complexity index is 894. The summed E-state index contributed by atoms with van der Waals surface area (Å²) >= 11 is 1.56. The third-order valence-electron chi connectivity index (χ3n) is 3.25. The Kier molecular flexibility index (Phi) is 4.23. The molecule has 0 amide bonds. The fraction of sp³-hybridized carbons (Fsp3) is 0.188. The van der Waals surface area contributed by atoms with Gasteiger partial charge in [-0.15, -0.1) is 11.3 Å². The van der Waals surface area contributed by atoms with Gasteiger partial charge in [0.15, 0.2) is 9.84 Å². The van der Waals surface area contributed by atoms with Crippen molar-refractivity contribution in [3.63, 3.8) is 0 Å². The second-order valence-electron chi connectivity index (χ2n) is 5.03. The molecule has 0 unspecified atom stereocenters. The fourth-order valence-corrected chi connectivity index (χ4v) is 3.28. The Morgan fingerprint density at radius 1 is 1.22 bits per heavy atom. The number of sulfone groups is 1. The molecule has 120 valence electrons. The molecule has 2 aromatic heterocycles. The number of thiophene rings is 1. The van der Waals surface area contributed by atoms with Crippen LogP contribution in [0.2, 0.25) is 0 Å². The molecule has 0 radical (unpaired) electrons. The van der Waals surface area contributed by atoms with Gasteiger partial charge in [0, 0.05) is 6.26 Å². The number of rotatable bonds is 5. The van der Waals surface area contributed by atoms with Crippen molar-refractivity contribution in [3.8, 4) is 16.5 Å². The zero-order chi connectivity index (χ0) is 16.4. The van der Waals surface area contributed by atoms with E-state index in [-0.39, 0.29) is 11.5 Å². The standard InChI is InChI=1S/C16H15NO4S2/c1-11-14(17-16(21-11)15-4-3-9-22-15)10-20-12-5-7-13(8-6-12)23(2,18)19/h3-9H,10H2,1-2H3. The molecular formula is C16H15NO4S2. The van der Waals surface area contributed by atoms with Crippen molar-refractivity contribution in [3.05, 3.63) is 53.2 Å². The normalized spacial score (nSPS) is 11.6. The fourth-order valence-electron chi connectivity index (χ4n) is 2.00. The molecule has 0 aliphatic rings.